The van der Waals surface area contributed by atoms with E-state index in [9.17, 15) is 14.8 Å². The first-order chi connectivity index (χ1) is 6.50. The van der Waals surface area contributed by atoms with Gasteiger partial charge in [0.15, 0.2) is 14.3 Å². The number of rotatable bonds is 3. The van der Waals surface area contributed by atoms with Crippen molar-refractivity contribution < 1.29 is 24.4 Å². The third kappa shape index (κ3) is 3.31. The highest BCUT2D eigenvalue weighted by Gasteiger charge is 2.34. The molecule has 1 aliphatic rings. The highest BCUT2D eigenvalue weighted by atomic mass is 31.1. The standard InChI is InChI=1S/C7H16NO5P/c8-6-5(9)3-4(13-7(6)10)1-2-14(11)12/h4-7,9-10,14H,1-3,8H2,(H,11,12)/t4-,5+,6-,7?/m1/s1. The van der Waals surface area contributed by atoms with Gasteiger partial charge in [-0.25, -0.2) is 0 Å². The molecule has 5 atom stereocenters. The zero-order valence-corrected chi connectivity index (χ0v) is 8.67. The third-order valence-electron chi connectivity index (χ3n) is 2.29. The van der Waals surface area contributed by atoms with Crippen molar-refractivity contribution in [3.8, 4) is 0 Å². The Bertz CT molecular complexity index is 202. The summed E-state index contributed by atoms with van der Waals surface area (Å²) in [6.45, 7) is 0. The van der Waals surface area contributed by atoms with Gasteiger partial charge < -0.3 is 25.6 Å². The molecular formula is C7H16NO5P. The smallest absolute Gasteiger partial charge is 0.189 e. The van der Waals surface area contributed by atoms with E-state index >= 15 is 0 Å². The summed E-state index contributed by atoms with van der Waals surface area (Å²) in [5.74, 6) is 0. The lowest BCUT2D eigenvalue weighted by Gasteiger charge is -2.35. The zero-order valence-electron chi connectivity index (χ0n) is 7.67. The zero-order chi connectivity index (χ0) is 10.7. The van der Waals surface area contributed by atoms with E-state index in [-0.39, 0.29) is 12.3 Å². The number of hydrogen-bond donors (Lipinski definition) is 4. The van der Waals surface area contributed by atoms with Crippen LogP contribution in [-0.2, 0) is 9.30 Å². The van der Waals surface area contributed by atoms with Crippen LogP contribution in [0.5, 0.6) is 0 Å². The summed E-state index contributed by atoms with van der Waals surface area (Å²) in [5.41, 5.74) is 5.41. The van der Waals surface area contributed by atoms with E-state index in [1.54, 1.807) is 0 Å². The minimum atomic E-state index is -2.51. The fourth-order valence-electron chi connectivity index (χ4n) is 1.43. The van der Waals surface area contributed by atoms with Gasteiger partial charge in [-0.3, -0.25) is 4.57 Å². The number of hydrogen-bond acceptors (Lipinski definition) is 5. The molecule has 1 fully saturated rings. The average Bonchev–Trinajstić information content (AvgIpc) is 2.10. The molecule has 1 aliphatic heterocycles. The normalized spacial score (nSPS) is 40.9. The topological polar surface area (TPSA) is 113 Å². The molecule has 2 unspecified atom stereocenters. The maximum absolute atomic E-state index is 10.4. The Kier molecular flexibility index (Phi) is 4.50. The van der Waals surface area contributed by atoms with Crippen LogP contribution in [0.4, 0.5) is 0 Å². The van der Waals surface area contributed by atoms with Gasteiger partial charge in [-0.05, 0) is 6.42 Å². The van der Waals surface area contributed by atoms with Crippen molar-refractivity contribution in [2.45, 2.75) is 37.4 Å². The average molecular weight is 225 g/mol. The summed E-state index contributed by atoms with van der Waals surface area (Å²) < 4.78 is 15.5. The monoisotopic (exact) mass is 225 g/mol. The molecule has 5 N–H and O–H groups in total. The minimum absolute atomic E-state index is 0.143. The Hall–Kier alpha value is 0.0300. The van der Waals surface area contributed by atoms with Gasteiger partial charge in [-0.1, -0.05) is 0 Å². The molecule has 0 aromatic carbocycles. The first-order valence-electron chi connectivity index (χ1n) is 4.49. The first kappa shape index (κ1) is 12.1. The summed E-state index contributed by atoms with van der Waals surface area (Å²) in [4.78, 5) is 8.61. The van der Waals surface area contributed by atoms with Gasteiger partial charge in [0, 0.05) is 12.6 Å². The van der Waals surface area contributed by atoms with Gasteiger partial charge in [0.1, 0.15) is 0 Å². The van der Waals surface area contributed by atoms with Crippen molar-refractivity contribution >= 4 is 8.03 Å². The lowest BCUT2D eigenvalue weighted by Crippen LogP contribution is -2.53. The molecule has 1 heterocycles. The van der Waals surface area contributed by atoms with Crippen LogP contribution < -0.4 is 5.73 Å². The quantitative estimate of drug-likeness (QED) is 0.441. The first-order valence-corrected chi connectivity index (χ1v) is 6.06. The van der Waals surface area contributed by atoms with Gasteiger partial charge in [-0.15, -0.1) is 0 Å². The molecule has 0 aromatic heterocycles. The second kappa shape index (κ2) is 5.21. The molecule has 0 saturated carbocycles. The van der Waals surface area contributed by atoms with Gasteiger partial charge in [0.05, 0.1) is 18.2 Å². The highest BCUT2D eigenvalue weighted by Crippen LogP contribution is 2.23. The Morgan fingerprint density at radius 3 is 2.64 bits per heavy atom. The number of ether oxygens (including phenoxy) is 1. The molecule has 7 heteroatoms. The molecule has 1 saturated heterocycles. The molecule has 0 spiro atoms. The molecule has 0 aromatic rings. The minimum Gasteiger partial charge on any atom is -0.391 e. The molecule has 0 radical (unpaired) electrons. The van der Waals surface area contributed by atoms with Crippen molar-refractivity contribution in [3.05, 3.63) is 0 Å². The van der Waals surface area contributed by atoms with Crippen LogP contribution in [0.25, 0.3) is 0 Å². The molecule has 14 heavy (non-hydrogen) atoms. The van der Waals surface area contributed by atoms with E-state index in [2.05, 4.69) is 0 Å². The summed E-state index contributed by atoms with van der Waals surface area (Å²) in [7, 11) is -2.51. The summed E-state index contributed by atoms with van der Waals surface area (Å²) in [6.07, 6.45) is -1.59. The van der Waals surface area contributed by atoms with Crippen molar-refractivity contribution in [3.63, 3.8) is 0 Å². The maximum Gasteiger partial charge on any atom is 0.189 e. The molecule has 6 nitrogen and oxygen atoms in total. The van der Waals surface area contributed by atoms with Crippen molar-refractivity contribution in [1.82, 2.24) is 0 Å². The lowest BCUT2D eigenvalue weighted by atomic mass is 9.99. The van der Waals surface area contributed by atoms with Crippen molar-refractivity contribution in [2.75, 3.05) is 6.16 Å². The van der Waals surface area contributed by atoms with Crippen LogP contribution in [0.15, 0.2) is 0 Å². The third-order valence-corrected chi connectivity index (χ3v) is 3.01. The van der Waals surface area contributed by atoms with Crippen LogP contribution in [0.2, 0.25) is 0 Å². The van der Waals surface area contributed by atoms with Crippen LogP contribution in [0.3, 0.4) is 0 Å². The fourth-order valence-corrected chi connectivity index (χ4v) is 2.00. The van der Waals surface area contributed by atoms with E-state index in [0.717, 1.165) is 0 Å². The summed E-state index contributed by atoms with van der Waals surface area (Å²) in [5, 5.41) is 18.6. The lowest BCUT2D eigenvalue weighted by molar-refractivity contribution is -0.200. The van der Waals surface area contributed by atoms with Gasteiger partial charge in [-0.2, -0.15) is 0 Å². The van der Waals surface area contributed by atoms with E-state index in [4.69, 9.17) is 15.4 Å². The number of aliphatic hydroxyl groups excluding tert-OH is 2. The second-order valence-electron chi connectivity index (χ2n) is 3.46. The maximum atomic E-state index is 10.4. The fraction of sp³-hybridized carbons (Fsp3) is 1.00. The Balaban J connectivity index is 2.38. The van der Waals surface area contributed by atoms with Gasteiger partial charge >= 0.3 is 0 Å². The van der Waals surface area contributed by atoms with Crippen LogP contribution in [0, 0.1) is 0 Å². The predicted molar refractivity (Wildman–Crippen MR) is 50.2 cm³/mol. The molecule has 84 valence electrons. The largest absolute Gasteiger partial charge is 0.391 e. The molecule has 0 bridgehead atoms. The van der Waals surface area contributed by atoms with E-state index < -0.39 is 26.5 Å². The van der Waals surface area contributed by atoms with Crippen LogP contribution >= 0.6 is 8.03 Å². The molecular weight excluding hydrogens is 209 g/mol. The Morgan fingerprint density at radius 1 is 1.50 bits per heavy atom. The highest BCUT2D eigenvalue weighted by molar-refractivity contribution is 7.37. The molecule has 1 rings (SSSR count). The van der Waals surface area contributed by atoms with Crippen LogP contribution in [-0.4, -0.2) is 45.8 Å². The van der Waals surface area contributed by atoms with Crippen LogP contribution in [0.1, 0.15) is 12.8 Å². The van der Waals surface area contributed by atoms with E-state index in [0.29, 0.717) is 12.8 Å². The van der Waals surface area contributed by atoms with E-state index in [1.807, 2.05) is 0 Å². The van der Waals surface area contributed by atoms with Crippen molar-refractivity contribution in [1.29, 1.82) is 0 Å². The Morgan fingerprint density at radius 2 is 2.14 bits per heavy atom. The molecule has 0 amide bonds. The van der Waals surface area contributed by atoms with E-state index in [1.165, 1.54) is 0 Å². The summed E-state index contributed by atoms with van der Waals surface area (Å²) >= 11 is 0. The molecule has 0 aliphatic carbocycles. The summed E-state index contributed by atoms with van der Waals surface area (Å²) in [6, 6.07) is -0.794. The SMILES string of the molecule is N[C@H]1C(O)O[C@H](CC[PH](=O)O)C[C@@H]1O. The Labute approximate surface area is 82.6 Å². The number of aliphatic hydroxyl groups is 2. The van der Waals surface area contributed by atoms with Crippen molar-refractivity contribution in [2.24, 2.45) is 5.73 Å². The van der Waals surface area contributed by atoms with Gasteiger partial charge in [0.25, 0.3) is 0 Å². The number of nitrogens with two attached hydrogens (primary N) is 1. The van der Waals surface area contributed by atoms with Gasteiger partial charge in [0.2, 0.25) is 0 Å². The second-order valence-corrected chi connectivity index (χ2v) is 4.75. The predicted octanol–water partition coefficient (Wildman–Crippen LogP) is -1.36.